The molecule has 3 fully saturated rings. The van der Waals surface area contributed by atoms with Crippen molar-refractivity contribution in [1.82, 2.24) is 0 Å². The summed E-state index contributed by atoms with van der Waals surface area (Å²) in [5, 5.41) is 10.3. The average Bonchev–Trinajstić information content (AvgIpc) is 2.80. The molecule has 0 radical (unpaired) electrons. The van der Waals surface area contributed by atoms with E-state index in [-0.39, 0.29) is 21.3 Å². The summed E-state index contributed by atoms with van der Waals surface area (Å²) in [7, 11) is 0.128. The molecular formula is C12H18OS. The molecule has 1 aliphatic heterocycles. The lowest BCUT2D eigenvalue weighted by Gasteiger charge is -2.43. The summed E-state index contributed by atoms with van der Waals surface area (Å²) in [4.78, 5) is 0. The van der Waals surface area contributed by atoms with Gasteiger partial charge in [0, 0.05) is 0 Å². The summed E-state index contributed by atoms with van der Waals surface area (Å²) in [6.45, 7) is 4.23. The van der Waals surface area contributed by atoms with Crippen molar-refractivity contribution in [3.8, 4) is 0 Å². The van der Waals surface area contributed by atoms with Crippen LogP contribution in [0.15, 0.2) is 12.2 Å². The van der Waals surface area contributed by atoms with Crippen molar-refractivity contribution in [2.45, 2.75) is 36.5 Å². The van der Waals surface area contributed by atoms with E-state index in [4.69, 9.17) is 0 Å². The predicted octanol–water partition coefficient (Wildman–Crippen LogP) is 2.18. The molecular weight excluding hydrogens is 192 g/mol. The monoisotopic (exact) mass is 210 g/mol. The van der Waals surface area contributed by atoms with Gasteiger partial charge in [0.2, 0.25) is 0 Å². The van der Waals surface area contributed by atoms with E-state index in [0.717, 1.165) is 24.7 Å². The first-order chi connectivity index (χ1) is 6.67. The molecule has 3 aliphatic rings. The largest absolute Gasteiger partial charge is 0.391 e. The van der Waals surface area contributed by atoms with Crippen LogP contribution in [0, 0.1) is 11.8 Å². The molecule has 3 rings (SSSR count). The van der Waals surface area contributed by atoms with Gasteiger partial charge in [-0.2, -0.15) is 10.5 Å². The Labute approximate surface area is 88.1 Å². The molecule has 0 bridgehead atoms. The standard InChI is InChI=1S/C12H18OS/c1-8-4-3-5-14(2)12(8)10-6-9(10)7-11(12)13/h9-11,13H,1-7H2/t9-,10-,11?,12?,14?/m1/s1. The Morgan fingerprint density at radius 2 is 2.21 bits per heavy atom. The second-order valence-corrected chi connectivity index (χ2v) is 7.12. The Balaban J connectivity index is 2.06. The highest BCUT2D eigenvalue weighted by molar-refractivity contribution is 8.15. The molecule has 1 saturated heterocycles. The van der Waals surface area contributed by atoms with E-state index < -0.39 is 0 Å². The van der Waals surface area contributed by atoms with E-state index in [1.54, 1.807) is 0 Å². The molecule has 3 unspecified atom stereocenters. The van der Waals surface area contributed by atoms with Crippen LogP contribution in [0.2, 0.25) is 0 Å². The highest BCUT2D eigenvalue weighted by Gasteiger charge is 2.65. The second-order valence-electron chi connectivity index (χ2n) is 5.05. The van der Waals surface area contributed by atoms with Crippen LogP contribution in [0.4, 0.5) is 0 Å². The van der Waals surface area contributed by atoms with Gasteiger partial charge in [0.15, 0.2) is 0 Å². The Morgan fingerprint density at radius 1 is 1.43 bits per heavy atom. The molecule has 0 amide bonds. The van der Waals surface area contributed by atoms with Gasteiger partial charge in [0.05, 0.1) is 10.9 Å². The fourth-order valence-electron chi connectivity index (χ4n) is 3.67. The van der Waals surface area contributed by atoms with Gasteiger partial charge >= 0.3 is 0 Å². The van der Waals surface area contributed by atoms with Crippen molar-refractivity contribution in [3.05, 3.63) is 12.2 Å². The number of rotatable bonds is 0. The quantitative estimate of drug-likeness (QED) is 0.480. The Kier molecular flexibility index (Phi) is 1.79. The van der Waals surface area contributed by atoms with Gasteiger partial charge in [-0.05, 0) is 43.3 Å². The van der Waals surface area contributed by atoms with E-state index in [1.165, 1.54) is 24.2 Å². The minimum Gasteiger partial charge on any atom is -0.391 e. The van der Waals surface area contributed by atoms with Crippen LogP contribution in [-0.2, 0) is 0 Å². The minimum absolute atomic E-state index is 0.0584. The third kappa shape index (κ3) is 0.892. The molecule has 0 aromatic rings. The molecule has 0 aromatic carbocycles. The van der Waals surface area contributed by atoms with Crippen LogP contribution in [0.5, 0.6) is 0 Å². The maximum absolute atomic E-state index is 10.3. The molecule has 2 saturated carbocycles. The predicted molar refractivity (Wildman–Crippen MR) is 62.9 cm³/mol. The van der Waals surface area contributed by atoms with E-state index in [9.17, 15) is 5.11 Å². The van der Waals surface area contributed by atoms with Gasteiger partial charge in [0.1, 0.15) is 0 Å². The van der Waals surface area contributed by atoms with Gasteiger partial charge in [-0.25, -0.2) is 0 Å². The summed E-state index contributed by atoms with van der Waals surface area (Å²) in [6, 6.07) is 0. The van der Waals surface area contributed by atoms with Crippen molar-refractivity contribution in [2.24, 2.45) is 11.8 Å². The molecule has 2 aliphatic carbocycles. The van der Waals surface area contributed by atoms with Gasteiger partial charge in [-0.3, -0.25) is 0 Å². The van der Waals surface area contributed by atoms with Crippen LogP contribution in [0.1, 0.15) is 25.7 Å². The van der Waals surface area contributed by atoms with Crippen LogP contribution in [-0.4, -0.2) is 27.6 Å². The fraction of sp³-hybridized carbons (Fsp3) is 0.750. The number of hydrogen-bond donors (Lipinski definition) is 1. The van der Waals surface area contributed by atoms with E-state index in [2.05, 4.69) is 12.4 Å². The van der Waals surface area contributed by atoms with Crippen LogP contribution < -0.4 is 0 Å². The average molecular weight is 210 g/mol. The molecule has 1 heterocycles. The summed E-state index contributed by atoms with van der Waals surface area (Å²) in [6.07, 6.45) is 4.58. The molecule has 14 heavy (non-hydrogen) atoms. The van der Waals surface area contributed by atoms with Crippen molar-refractivity contribution in [1.29, 1.82) is 0 Å². The molecule has 5 atom stereocenters. The lowest BCUT2D eigenvalue weighted by Crippen LogP contribution is -2.43. The highest BCUT2D eigenvalue weighted by atomic mass is 32.2. The Hall–Kier alpha value is -0.0800. The normalized spacial score (nSPS) is 56.2. The third-order valence-corrected chi connectivity index (χ3v) is 6.99. The summed E-state index contributed by atoms with van der Waals surface area (Å²) < 4.78 is 0.0584. The highest BCUT2D eigenvalue weighted by Crippen LogP contribution is 2.68. The van der Waals surface area contributed by atoms with Gasteiger partial charge in [-0.15, -0.1) is 0 Å². The maximum Gasteiger partial charge on any atom is 0.0725 e. The van der Waals surface area contributed by atoms with Gasteiger partial charge in [0.25, 0.3) is 0 Å². The Morgan fingerprint density at radius 3 is 2.79 bits per heavy atom. The van der Waals surface area contributed by atoms with Crippen LogP contribution >= 0.6 is 10.5 Å². The van der Waals surface area contributed by atoms with Crippen molar-refractivity contribution in [3.63, 3.8) is 0 Å². The lowest BCUT2D eigenvalue weighted by atomic mass is 9.88. The van der Waals surface area contributed by atoms with E-state index in [0.29, 0.717) is 0 Å². The zero-order valence-corrected chi connectivity index (χ0v) is 9.35. The van der Waals surface area contributed by atoms with Crippen LogP contribution in [0.25, 0.3) is 0 Å². The summed E-state index contributed by atoms with van der Waals surface area (Å²) >= 11 is 0. The zero-order chi connectivity index (χ0) is 9.92. The summed E-state index contributed by atoms with van der Waals surface area (Å²) in [5.41, 5.74) is 1.32. The maximum atomic E-state index is 10.3. The molecule has 0 aromatic heterocycles. The fourth-order valence-corrected chi connectivity index (χ4v) is 6.21. The molecule has 1 N–H and O–H groups in total. The van der Waals surface area contributed by atoms with E-state index in [1.807, 2.05) is 0 Å². The van der Waals surface area contributed by atoms with Crippen LogP contribution in [0.3, 0.4) is 0 Å². The smallest absolute Gasteiger partial charge is 0.0725 e. The molecule has 2 heteroatoms. The first-order valence-electron chi connectivity index (χ1n) is 5.54. The molecule has 78 valence electrons. The van der Waals surface area contributed by atoms with Gasteiger partial charge in [-0.1, -0.05) is 18.0 Å². The third-order valence-electron chi connectivity index (χ3n) is 4.39. The first-order valence-corrected chi connectivity index (χ1v) is 7.10. The second kappa shape index (κ2) is 2.73. The van der Waals surface area contributed by atoms with Gasteiger partial charge < -0.3 is 5.11 Å². The number of aliphatic hydroxyl groups is 1. The number of aliphatic hydroxyl groups excluding tert-OH is 1. The van der Waals surface area contributed by atoms with Crippen molar-refractivity contribution >= 4 is 16.4 Å². The van der Waals surface area contributed by atoms with E-state index >= 15 is 0 Å². The Bertz CT molecular complexity index is 300. The minimum atomic E-state index is -0.125. The summed E-state index contributed by atoms with van der Waals surface area (Å²) in [5.74, 6) is 7.07. The first kappa shape index (κ1) is 9.17. The molecule has 1 nitrogen and oxygen atoms in total. The van der Waals surface area contributed by atoms with Crippen molar-refractivity contribution in [2.75, 3.05) is 5.75 Å². The zero-order valence-electron chi connectivity index (χ0n) is 8.54. The number of fused-ring (bicyclic) bond motifs is 2. The van der Waals surface area contributed by atoms with Crippen molar-refractivity contribution < 1.29 is 5.11 Å². The molecule has 1 spiro atoms. The lowest BCUT2D eigenvalue weighted by molar-refractivity contribution is 0.143. The number of hydrogen-bond acceptors (Lipinski definition) is 1. The SMILES string of the molecule is C=C1CCCS(=C)C12C(O)C[C@H]1C[C@H]12. The topological polar surface area (TPSA) is 20.2 Å².